The van der Waals surface area contributed by atoms with E-state index in [0.717, 1.165) is 18.7 Å². The van der Waals surface area contributed by atoms with E-state index in [4.69, 9.17) is 4.74 Å². The summed E-state index contributed by atoms with van der Waals surface area (Å²) in [4.78, 5) is 0. The van der Waals surface area contributed by atoms with Crippen molar-refractivity contribution in [2.45, 2.75) is 45.4 Å². The third kappa shape index (κ3) is 3.51. The smallest absolute Gasteiger partial charge is 0.120 e. The predicted molar refractivity (Wildman–Crippen MR) is 82.7 cm³/mol. The molecule has 1 aromatic carbocycles. The van der Waals surface area contributed by atoms with Crippen LogP contribution in [0.5, 0.6) is 5.75 Å². The lowest BCUT2D eigenvalue weighted by Crippen LogP contribution is -2.31. The molecule has 1 saturated heterocycles. The van der Waals surface area contributed by atoms with Crippen LogP contribution in [0.4, 0.5) is 0 Å². The van der Waals surface area contributed by atoms with Crippen molar-refractivity contribution in [2.24, 2.45) is 5.92 Å². The monoisotopic (exact) mass is 277 g/mol. The molecular weight excluding hydrogens is 250 g/mol. The highest BCUT2D eigenvalue weighted by Crippen LogP contribution is 2.30. The normalized spacial score (nSPS) is 27.5. The van der Waals surface area contributed by atoms with Gasteiger partial charge in [0.1, 0.15) is 5.75 Å². The summed E-state index contributed by atoms with van der Waals surface area (Å²) in [6, 6.07) is 9.21. The fraction of sp³-hybridized carbons (Fsp3) is 0.625. The van der Waals surface area contributed by atoms with E-state index in [0.29, 0.717) is 18.0 Å². The molecule has 4 heteroatoms. The third-order valence-corrected chi connectivity index (χ3v) is 4.11. The highest BCUT2D eigenvalue weighted by molar-refractivity contribution is 5.32. The number of hydrogen-bond donors (Lipinski definition) is 3. The molecule has 3 N–H and O–H groups in total. The van der Waals surface area contributed by atoms with Gasteiger partial charge in [0.05, 0.1) is 12.1 Å². The first-order valence-electron chi connectivity index (χ1n) is 7.58. The molecule has 1 aromatic rings. The maximum atomic E-state index is 5.92. The second-order valence-electron chi connectivity index (χ2n) is 5.69. The van der Waals surface area contributed by atoms with Crippen molar-refractivity contribution in [2.75, 3.05) is 13.6 Å². The van der Waals surface area contributed by atoms with Crippen molar-refractivity contribution in [3.8, 4) is 5.75 Å². The molecule has 0 spiro atoms. The molecule has 4 unspecified atom stereocenters. The van der Waals surface area contributed by atoms with Gasteiger partial charge >= 0.3 is 0 Å². The summed E-state index contributed by atoms with van der Waals surface area (Å²) in [5.74, 6) is 1.49. The zero-order chi connectivity index (χ0) is 14.5. The van der Waals surface area contributed by atoms with Crippen LogP contribution in [-0.4, -0.2) is 25.7 Å². The summed E-state index contributed by atoms with van der Waals surface area (Å²) in [6.45, 7) is 7.45. The number of nitrogens with one attached hydrogen (secondary N) is 3. The average Bonchev–Trinajstić information content (AvgIpc) is 2.81. The SMILES string of the molecule is CCC(C)Oc1cccc(C2NNC(C)C2CNC)c1. The number of hydrogen-bond acceptors (Lipinski definition) is 4. The number of benzene rings is 1. The summed E-state index contributed by atoms with van der Waals surface area (Å²) in [7, 11) is 2.00. The van der Waals surface area contributed by atoms with Crippen LogP contribution >= 0.6 is 0 Å². The van der Waals surface area contributed by atoms with Gasteiger partial charge in [0.15, 0.2) is 0 Å². The largest absolute Gasteiger partial charge is 0.491 e. The van der Waals surface area contributed by atoms with Crippen LogP contribution < -0.4 is 20.9 Å². The van der Waals surface area contributed by atoms with Gasteiger partial charge in [-0.05, 0) is 45.0 Å². The van der Waals surface area contributed by atoms with Gasteiger partial charge in [0.2, 0.25) is 0 Å². The van der Waals surface area contributed by atoms with Crippen LogP contribution in [-0.2, 0) is 0 Å². The standard InChI is InChI=1S/C16H27N3O/c1-5-11(2)20-14-8-6-7-13(9-14)16-15(10-17-4)12(3)18-19-16/h6-9,11-12,15-19H,5,10H2,1-4H3. The molecule has 0 saturated carbocycles. The minimum absolute atomic E-state index is 0.256. The summed E-state index contributed by atoms with van der Waals surface area (Å²) in [5, 5.41) is 3.28. The average molecular weight is 277 g/mol. The highest BCUT2D eigenvalue weighted by atomic mass is 16.5. The van der Waals surface area contributed by atoms with E-state index in [1.807, 2.05) is 13.1 Å². The quantitative estimate of drug-likeness (QED) is 0.746. The van der Waals surface area contributed by atoms with Gasteiger partial charge in [-0.1, -0.05) is 19.1 Å². The van der Waals surface area contributed by atoms with Crippen molar-refractivity contribution in [1.29, 1.82) is 0 Å². The first kappa shape index (κ1) is 15.3. The van der Waals surface area contributed by atoms with E-state index in [2.05, 4.69) is 55.1 Å². The Morgan fingerprint density at radius 2 is 2.15 bits per heavy atom. The molecule has 4 atom stereocenters. The minimum Gasteiger partial charge on any atom is -0.491 e. The van der Waals surface area contributed by atoms with Gasteiger partial charge in [-0.2, -0.15) is 0 Å². The van der Waals surface area contributed by atoms with E-state index in [1.54, 1.807) is 0 Å². The van der Waals surface area contributed by atoms with E-state index >= 15 is 0 Å². The topological polar surface area (TPSA) is 45.3 Å². The summed E-state index contributed by atoms with van der Waals surface area (Å²) >= 11 is 0. The predicted octanol–water partition coefficient (Wildman–Crippen LogP) is 2.24. The molecule has 4 nitrogen and oxygen atoms in total. The van der Waals surface area contributed by atoms with Crippen LogP contribution in [0.1, 0.15) is 38.8 Å². The Morgan fingerprint density at radius 3 is 2.85 bits per heavy atom. The summed E-state index contributed by atoms with van der Waals surface area (Å²) in [6.07, 6.45) is 1.28. The Balaban J connectivity index is 2.13. The molecular formula is C16H27N3O. The molecule has 2 rings (SSSR count). The zero-order valence-electron chi connectivity index (χ0n) is 12.9. The maximum absolute atomic E-state index is 5.92. The fourth-order valence-corrected chi connectivity index (χ4v) is 2.68. The number of rotatable bonds is 6. The molecule has 20 heavy (non-hydrogen) atoms. The van der Waals surface area contributed by atoms with Gasteiger partial charge < -0.3 is 10.1 Å². The minimum atomic E-state index is 0.256. The van der Waals surface area contributed by atoms with Crippen molar-refractivity contribution in [1.82, 2.24) is 16.2 Å². The summed E-state index contributed by atoms with van der Waals surface area (Å²) in [5.41, 5.74) is 8.03. The van der Waals surface area contributed by atoms with Crippen LogP contribution in [0.3, 0.4) is 0 Å². The van der Waals surface area contributed by atoms with Crippen molar-refractivity contribution >= 4 is 0 Å². The molecule has 1 aliphatic rings. The molecule has 0 bridgehead atoms. The fourth-order valence-electron chi connectivity index (χ4n) is 2.68. The van der Waals surface area contributed by atoms with Crippen LogP contribution in [0.2, 0.25) is 0 Å². The summed E-state index contributed by atoms with van der Waals surface area (Å²) < 4.78 is 5.92. The maximum Gasteiger partial charge on any atom is 0.120 e. The lowest BCUT2D eigenvalue weighted by atomic mass is 9.90. The molecule has 1 heterocycles. The van der Waals surface area contributed by atoms with E-state index in [1.165, 1.54) is 5.56 Å². The van der Waals surface area contributed by atoms with E-state index in [9.17, 15) is 0 Å². The van der Waals surface area contributed by atoms with Crippen LogP contribution in [0.25, 0.3) is 0 Å². The Kier molecular flexibility index (Phi) is 5.40. The van der Waals surface area contributed by atoms with Gasteiger partial charge in [-0.3, -0.25) is 5.43 Å². The van der Waals surface area contributed by atoms with Gasteiger partial charge in [0, 0.05) is 18.5 Å². The van der Waals surface area contributed by atoms with Gasteiger partial charge in [0.25, 0.3) is 0 Å². The molecule has 1 aliphatic heterocycles. The Labute approximate surface area is 122 Å². The van der Waals surface area contributed by atoms with E-state index < -0.39 is 0 Å². The molecule has 0 amide bonds. The molecule has 0 radical (unpaired) electrons. The van der Waals surface area contributed by atoms with Crippen molar-refractivity contribution in [3.63, 3.8) is 0 Å². The molecule has 1 fully saturated rings. The Morgan fingerprint density at radius 1 is 1.35 bits per heavy atom. The van der Waals surface area contributed by atoms with Crippen molar-refractivity contribution in [3.05, 3.63) is 29.8 Å². The first-order valence-corrected chi connectivity index (χ1v) is 7.58. The second kappa shape index (κ2) is 7.07. The molecule has 0 aromatic heterocycles. The lowest BCUT2D eigenvalue weighted by molar-refractivity contribution is 0.217. The Hall–Kier alpha value is -1.10. The zero-order valence-corrected chi connectivity index (χ0v) is 12.9. The third-order valence-electron chi connectivity index (χ3n) is 4.11. The van der Waals surface area contributed by atoms with E-state index in [-0.39, 0.29) is 6.10 Å². The highest BCUT2D eigenvalue weighted by Gasteiger charge is 2.33. The first-order chi connectivity index (χ1) is 9.65. The molecule has 0 aliphatic carbocycles. The lowest BCUT2D eigenvalue weighted by Gasteiger charge is -2.22. The number of hydrazine groups is 1. The van der Waals surface area contributed by atoms with Gasteiger partial charge in [-0.25, -0.2) is 5.43 Å². The van der Waals surface area contributed by atoms with Gasteiger partial charge in [-0.15, -0.1) is 0 Å². The van der Waals surface area contributed by atoms with Crippen molar-refractivity contribution < 1.29 is 4.74 Å². The second-order valence-corrected chi connectivity index (χ2v) is 5.69. The van der Waals surface area contributed by atoms with Crippen LogP contribution in [0, 0.1) is 5.92 Å². The number of ether oxygens (including phenoxy) is 1. The molecule has 112 valence electrons. The van der Waals surface area contributed by atoms with Crippen LogP contribution in [0.15, 0.2) is 24.3 Å². The Bertz CT molecular complexity index is 424.